The number of nitro groups is 1. The van der Waals surface area contributed by atoms with Crippen molar-refractivity contribution in [1.82, 2.24) is 9.78 Å². The van der Waals surface area contributed by atoms with Crippen molar-refractivity contribution in [1.29, 1.82) is 0 Å². The van der Waals surface area contributed by atoms with E-state index in [4.69, 9.17) is 9.47 Å². The van der Waals surface area contributed by atoms with Crippen LogP contribution in [0.1, 0.15) is 16.8 Å². The molecule has 9 nitrogen and oxygen atoms in total. The van der Waals surface area contributed by atoms with Crippen molar-refractivity contribution < 1.29 is 19.2 Å². The van der Waals surface area contributed by atoms with E-state index in [1.807, 2.05) is 0 Å². The minimum absolute atomic E-state index is 0.0109. The van der Waals surface area contributed by atoms with Crippen LogP contribution in [0.5, 0.6) is 11.5 Å². The van der Waals surface area contributed by atoms with E-state index in [1.165, 1.54) is 23.0 Å². The average Bonchev–Trinajstić information content (AvgIpc) is 3.08. The molecule has 0 spiro atoms. The molecule has 0 saturated heterocycles. The Balaban J connectivity index is 1.49. The molecular weight excluding hydrogens is 364 g/mol. The summed E-state index contributed by atoms with van der Waals surface area (Å²) in [7, 11) is 0. The number of nitrogens with one attached hydrogen (secondary N) is 1. The molecule has 9 heteroatoms. The number of nitro benzene ring substituents is 1. The van der Waals surface area contributed by atoms with Gasteiger partial charge in [-0.05, 0) is 24.3 Å². The number of hydrogen-bond acceptors (Lipinski definition) is 6. The summed E-state index contributed by atoms with van der Waals surface area (Å²) >= 11 is 0. The molecule has 0 radical (unpaired) electrons. The third-order valence-electron chi connectivity index (χ3n) is 4.18. The first-order valence-corrected chi connectivity index (χ1v) is 8.61. The largest absolute Gasteiger partial charge is 0.490 e. The van der Waals surface area contributed by atoms with E-state index in [2.05, 4.69) is 10.4 Å². The number of nitrogens with zero attached hydrogens (tertiary/aromatic N) is 3. The first-order chi connectivity index (χ1) is 13.6. The fraction of sp³-hybridized carbons (Fsp3) is 0.158. The van der Waals surface area contributed by atoms with Crippen LogP contribution >= 0.6 is 0 Å². The van der Waals surface area contributed by atoms with Gasteiger partial charge in [-0.25, -0.2) is 4.68 Å². The Bertz CT molecular complexity index is 1030. The van der Waals surface area contributed by atoms with Gasteiger partial charge in [-0.15, -0.1) is 0 Å². The van der Waals surface area contributed by atoms with E-state index in [0.717, 1.165) is 6.42 Å². The molecule has 0 atom stereocenters. The van der Waals surface area contributed by atoms with Gasteiger partial charge >= 0.3 is 0 Å². The Morgan fingerprint density at radius 2 is 1.86 bits per heavy atom. The van der Waals surface area contributed by atoms with Crippen LogP contribution in [0, 0.1) is 10.1 Å². The van der Waals surface area contributed by atoms with E-state index in [1.54, 1.807) is 36.5 Å². The average molecular weight is 380 g/mol. The molecule has 1 amide bonds. The van der Waals surface area contributed by atoms with Crippen LogP contribution in [-0.4, -0.2) is 33.8 Å². The molecule has 0 bridgehead atoms. The summed E-state index contributed by atoms with van der Waals surface area (Å²) in [5.74, 6) is 0.918. The molecule has 0 saturated carbocycles. The number of amides is 1. The lowest BCUT2D eigenvalue weighted by atomic mass is 10.2. The Kier molecular flexibility index (Phi) is 4.63. The van der Waals surface area contributed by atoms with Crippen LogP contribution in [0.4, 0.5) is 11.4 Å². The molecule has 3 aromatic rings. The normalized spacial score (nSPS) is 12.9. The van der Waals surface area contributed by atoms with Crippen LogP contribution < -0.4 is 14.8 Å². The molecule has 1 aliphatic heterocycles. The van der Waals surface area contributed by atoms with E-state index < -0.39 is 4.92 Å². The van der Waals surface area contributed by atoms with Crippen LogP contribution in [-0.2, 0) is 0 Å². The smallest absolute Gasteiger partial charge is 0.269 e. The maximum Gasteiger partial charge on any atom is 0.269 e. The highest BCUT2D eigenvalue weighted by molar-refractivity contribution is 6.04. The number of fused-ring (bicyclic) bond motifs is 1. The Morgan fingerprint density at radius 1 is 1.11 bits per heavy atom. The van der Waals surface area contributed by atoms with Crippen LogP contribution in [0.25, 0.3) is 5.69 Å². The van der Waals surface area contributed by atoms with Crippen LogP contribution in [0.2, 0.25) is 0 Å². The van der Waals surface area contributed by atoms with E-state index in [-0.39, 0.29) is 11.6 Å². The van der Waals surface area contributed by atoms with Gasteiger partial charge in [0.2, 0.25) is 0 Å². The predicted octanol–water partition coefficient (Wildman–Crippen LogP) is 3.19. The Morgan fingerprint density at radius 3 is 2.61 bits per heavy atom. The molecular formula is C19H16N4O5. The second kappa shape index (κ2) is 7.39. The predicted molar refractivity (Wildman–Crippen MR) is 100 cm³/mol. The number of non-ortho nitro benzene ring substituents is 1. The highest BCUT2D eigenvalue weighted by atomic mass is 16.6. The lowest BCUT2D eigenvalue weighted by molar-refractivity contribution is -0.384. The molecule has 1 aliphatic rings. The van der Waals surface area contributed by atoms with E-state index in [9.17, 15) is 14.9 Å². The van der Waals surface area contributed by atoms with Crippen molar-refractivity contribution in [3.8, 4) is 17.2 Å². The number of anilines is 1. The zero-order valence-electron chi connectivity index (χ0n) is 14.7. The van der Waals surface area contributed by atoms with Gasteiger partial charge in [-0.1, -0.05) is 0 Å². The van der Waals surface area contributed by atoms with Gasteiger partial charge in [0.1, 0.15) is 0 Å². The van der Waals surface area contributed by atoms with Crippen molar-refractivity contribution in [3.63, 3.8) is 0 Å². The molecule has 28 heavy (non-hydrogen) atoms. The lowest BCUT2D eigenvalue weighted by Gasteiger charge is -2.10. The summed E-state index contributed by atoms with van der Waals surface area (Å²) in [5.41, 5.74) is 1.53. The summed E-state index contributed by atoms with van der Waals surface area (Å²) in [6.07, 6.45) is 3.79. The summed E-state index contributed by atoms with van der Waals surface area (Å²) in [6, 6.07) is 11.1. The first kappa shape index (κ1) is 17.5. The van der Waals surface area contributed by atoms with Gasteiger partial charge in [-0.3, -0.25) is 14.9 Å². The lowest BCUT2D eigenvalue weighted by Crippen LogP contribution is -2.11. The number of ether oxygens (including phenoxy) is 2. The van der Waals surface area contributed by atoms with Crippen molar-refractivity contribution in [2.45, 2.75) is 6.42 Å². The number of carbonyl (C=O) groups is 1. The zero-order chi connectivity index (χ0) is 19.5. The van der Waals surface area contributed by atoms with Crippen molar-refractivity contribution >= 4 is 17.3 Å². The molecule has 142 valence electrons. The molecule has 2 aromatic carbocycles. The topological polar surface area (TPSA) is 109 Å². The molecule has 1 N–H and O–H groups in total. The fourth-order valence-corrected chi connectivity index (χ4v) is 2.75. The Hall–Kier alpha value is -3.88. The standard InChI is InChI=1S/C19H16N4O5/c24-19(21-14-2-7-17-18(10-14)28-9-1-8-27-17)13-11-20-22(12-13)15-3-5-16(6-4-15)23(25)26/h2-7,10-12H,1,8-9H2,(H,21,24). The number of aromatic nitrogens is 2. The summed E-state index contributed by atoms with van der Waals surface area (Å²) in [5, 5.41) is 17.7. The van der Waals surface area contributed by atoms with E-state index in [0.29, 0.717) is 41.7 Å². The number of benzene rings is 2. The summed E-state index contributed by atoms with van der Waals surface area (Å²) in [4.78, 5) is 22.8. The minimum Gasteiger partial charge on any atom is -0.490 e. The quantitative estimate of drug-likeness (QED) is 0.550. The molecule has 1 aromatic heterocycles. The summed E-state index contributed by atoms with van der Waals surface area (Å²) in [6.45, 7) is 1.16. The van der Waals surface area contributed by atoms with Crippen molar-refractivity contribution in [2.24, 2.45) is 0 Å². The monoisotopic (exact) mass is 380 g/mol. The van der Waals surface area contributed by atoms with Crippen molar-refractivity contribution in [3.05, 3.63) is 70.5 Å². The van der Waals surface area contributed by atoms with E-state index >= 15 is 0 Å². The number of carbonyl (C=O) groups excluding carboxylic acids is 1. The second-order valence-electron chi connectivity index (χ2n) is 6.11. The summed E-state index contributed by atoms with van der Waals surface area (Å²) < 4.78 is 12.7. The SMILES string of the molecule is O=C(Nc1ccc2c(c1)OCCCO2)c1cnn(-c2ccc([N+](=O)[O-])cc2)c1. The van der Waals surface area contributed by atoms with Crippen molar-refractivity contribution in [2.75, 3.05) is 18.5 Å². The molecule has 0 fully saturated rings. The van der Waals surface area contributed by atoms with Gasteiger partial charge in [-0.2, -0.15) is 5.10 Å². The molecule has 2 heterocycles. The Labute approximate surface area is 159 Å². The fourth-order valence-electron chi connectivity index (χ4n) is 2.75. The zero-order valence-corrected chi connectivity index (χ0v) is 14.7. The highest BCUT2D eigenvalue weighted by Gasteiger charge is 2.14. The molecule has 0 unspecified atom stereocenters. The first-order valence-electron chi connectivity index (χ1n) is 8.61. The van der Waals surface area contributed by atoms with Gasteiger partial charge in [0.15, 0.2) is 11.5 Å². The number of rotatable bonds is 4. The second-order valence-corrected chi connectivity index (χ2v) is 6.11. The van der Waals surface area contributed by atoms with Gasteiger partial charge in [0.25, 0.3) is 11.6 Å². The maximum atomic E-state index is 12.5. The van der Waals surface area contributed by atoms with Crippen LogP contribution in [0.15, 0.2) is 54.9 Å². The number of hydrogen-bond donors (Lipinski definition) is 1. The molecule has 0 aliphatic carbocycles. The van der Waals surface area contributed by atoms with Gasteiger partial charge < -0.3 is 14.8 Å². The van der Waals surface area contributed by atoms with Gasteiger partial charge in [0.05, 0.1) is 35.6 Å². The third-order valence-corrected chi connectivity index (χ3v) is 4.18. The minimum atomic E-state index is -0.471. The molecule has 4 rings (SSSR count). The maximum absolute atomic E-state index is 12.5. The third kappa shape index (κ3) is 3.63. The highest BCUT2D eigenvalue weighted by Crippen LogP contribution is 2.32. The van der Waals surface area contributed by atoms with Crippen LogP contribution in [0.3, 0.4) is 0 Å². The van der Waals surface area contributed by atoms with Gasteiger partial charge in [0, 0.05) is 36.5 Å².